The lowest BCUT2D eigenvalue weighted by molar-refractivity contribution is -0.142. The van der Waals surface area contributed by atoms with Gasteiger partial charge in [-0.1, -0.05) is 32.9 Å². The summed E-state index contributed by atoms with van der Waals surface area (Å²) in [6.07, 6.45) is 0.601. The zero-order valence-electron chi connectivity index (χ0n) is 18.0. The van der Waals surface area contributed by atoms with Crippen LogP contribution in [0.4, 0.5) is 4.79 Å². The number of carbonyl (C=O) groups excluding carboxylic acids is 1. The molecule has 1 aliphatic carbocycles. The van der Waals surface area contributed by atoms with Crippen LogP contribution in [0, 0.1) is 11.3 Å². The van der Waals surface area contributed by atoms with Crippen LogP contribution in [0.3, 0.4) is 0 Å². The fourth-order valence-corrected chi connectivity index (χ4v) is 4.95. The highest BCUT2D eigenvalue weighted by atomic mass is 16.4. The van der Waals surface area contributed by atoms with Crippen LogP contribution in [-0.4, -0.2) is 62.1 Å². The molecule has 1 saturated carbocycles. The second-order valence-corrected chi connectivity index (χ2v) is 9.74. The maximum atomic E-state index is 13.1. The number of aromatic nitrogens is 2. The molecule has 162 valence electrons. The first-order valence-corrected chi connectivity index (χ1v) is 10.5. The number of nitrogens with zero attached hydrogens (tertiary/aromatic N) is 3. The summed E-state index contributed by atoms with van der Waals surface area (Å²) in [5.74, 6) is 0.335. The summed E-state index contributed by atoms with van der Waals surface area (Å²) in [4.78, 5) is 42.9. The van der Waals surface area contributed by atoms with E-state index in [4.69, 9.17) is 0 Å². The molecule has 1 atom stereocenters. The predicted octanol–water partition coefficient (Wildman–Crippen LogP) is 2.60. The zero-order chi connectivity index (χ0) is 21.8. The van der Waals surface area contributed by atoms with Crippen LogP contribution < -0.4 is 5.69 Å². The smallest absolute Gasteiger partial charge is 0.407 e. The van der Waals surface area contributed by atoms with Gasteiger partial charge in [0.05, 0.1) is 17.1 Å². The molecule has 8 nitrogen and oxygen atoms in total. The molecule has 2 aliphatic rings. The van der Waals surface area contributed by atoms with Gasteiger partial charge in [0, 0.05) is 32.6 Å². The van der Waals surface area contributed by atoms with Crippen molar-refractivity contribution in [2.75, 3.05) is 19.6 Å². The van der Waals surface area contributed by atoms with Crippen LogP contribution in [0.5, 0.6) is 0 Å². The average Bonchev–Trinajstić information content (AvgIpc) is 2.94. The Hall–Kier alpha value is -2.77. The standard InChI is InChI=1S/C22H30N4O4/c1-22(2,3)17-12-25(8-9-26(17)21(29)30)19(27)14-10-13(11-14)15-6-5-7-16-18(15)24(4)20(28)23-16/h5-7,13-14,17H,8-12H2,1-4H3,(H,23,28)(H,29,30)/t13-,14-,17?. The number of para-hydroxylation sites is 1. The average molecular weight is 415 g/mol. The van der Waals surface area contributed by atoms with E-state index < -0.39 is 6.09 Å². The number of fused-ring (bicyclic) bond motifs is 1. The minimum Gasteiger partial charge on any atom is -0.465 e. The first-order valence-electron chi connectivity index (χ1n) is 10.5. The number of hydrogen-bond donors (Lipinski definition) is 2. The summed E-state index contributed by atoms with van der Waals surface area (Å²) in [7, 11) is 1.76. The first kappa shape index (κ1) is 20.5. The molecule has 0 spiro atoms. The maximum absolute atomic E-state index is 13.1. The molecule has 1 aliphatic heterocycles. The van der Waals surface area contributed by atoms with Crippen LogP contribution in [0.25, 0.3) is 11.0 Å². The molecule has 0 radical (unpaired) electrons. The summed E-state index contributed by atoms with van der Waals surface area (Å²) in [5.41, 5.74) is 2.48. The molecule has 1 unspecified atom stereocenters. The van der Waals surface area contributed by atoms with E-state index in [1.807, 2.05) is 43.9 Å². The lowest BCUT2D eigenvalue weighted by Gasteiger charge is -2.47. The Balaban J connectivity index is 1.46. The van der Waals surface area contributed by atoms with Crippen molar-refractivity contribution >= 4 is 23.0 Å². The lowest BCUT2D eigenvalue weighted by Crippen LogP contribution is -2.61. The SMILES string of the molecule is Cn1c(=O)[nH]c2cccc([C@H]3C[C@H](C(=O)N4CCN(C(=O)O)C(C(C)(C)C)C4)C3)c21. The molecule has 2 N–H and O–H groups in total. The second-order valence-electron chi connectivity index (χ2n) is 9.74. The van der Waals surface area contributed by atoms with Gasteiger partial charge < -0.3 is 19.9 Å². The van der Waals surface area contributed by atoms with E-state index in [1.165, 1.54) is 4.90 Å². The number of carbonyl (C=O) groups is 2. The van der Waals surface area contributed by atoms with Crippen molar-refractivity contribution in [2.45, 2.75) is 45.6 Å². The molecule has 1 saturated heterocycles. The number of aromatic amines is 1. The number of piperazine rings is 1. The first-order chi connectivity index (χ1) is 14.1. The minimum atomic E-state index is -0.920. The Labute approximate surface area is 175 Å². The summed E-state index contributed by atoms with van der Waals surface area (Å²) < 4.78 is 1.64. The molecule has 0 bridgehead atoms. The summed E-state index contributed by atoms with van der Waals surface area (Å²) in [6.45, 7) is 7.29. The molecule has 2 heterocycles. The largest absolute Gasteiger partial charge is 0.465 e. The number of aryl methyl sites for hydroxylation is 1. The van der Waals surface area contributed by atoms with Gasteiger partial charge in [0.1, 0.15) is 0 Å². The molecule has 2 fully saturated rings. The van der Waals surface area contributed by atoms with E-state index in [-0.39, 0.29) is 34.9 Å². The van der Waals surface area contributed by atoms with Crippen LogP contribution >= 0.6 is 0 Å². The van der Waals surface area contributed by atoms with E-state index in [0.29, 0.717) is 19.6 Å². The molecule has 1 aromatic heterocycles. The van der Waals surface area contributed by atoms with Crippen LogP contribution in [0.15, 0.2) is 23.0 Å². The van der Waals surface area contributed by atoms with Gasteiger partial charge in [-0.05, 0) is 35.8 Å². The van der Waals surface area contributed by atoms with E-state index in [0.717, 1.165) is 29.4 Å². The third kappa shape index (κ3) is 3.38. The quantitative estimate of drug-likeness (QED) is 0.789. The molecule has 2 aromatic rings. The van der Waals surface area contributed by atoms with Crippen molar-refractivity contribution in [1.82, 2.24) is 19.4 Å². The number of carboxylic acid groups (broad SMARTS) is 1. The zero-order valence-corrected chi connectivity index (χ0v) is 18.0. The van der Waals surface area contributed by atoms with E-state index in [1.54, 1.807) is 11.6 Å². The Morgan fingerprint density at radius 1 is 1.17 bits per heavy atom. The third-order valence-electron chi connectivity index (χ3n) is 6.81. The molecular weight excluding hydrogens is 384 g/mol. The van der Waals surface area contributed by atoms with Crippen molar-refractivity contribution < 1.29 is 14.7 Å². The van der Waals surface area contributed by atoms with Gasteiger partial charge in [-0.15, -0.1) is 0 Å². The molecular formula is C22H30N4O4. The van der Waals surface area contributed by atoms with Gasteiger partial charge in [0.25, 0.3) is 0 Å². The van der Waals surface area contributed by atoms with Gasteiger partial charge in [-0.2, -0.15) is 0 Å². The number of amides is 2. The molecule has 1 aromatic carbocycles. The van der Waals surface area contributed by atoms with Crippen molar-refractivity contribution in [3.8, 4) is 0 Å². The minimum absolute atomic E-state index is 0.0433. The highest BCUT2D eigenvalue weighted by Gasteiger charge is 2.43. The summed E-state index contributed by atoms with van der Waals surface area (Å²) >= 11 is 0. The van der Waals surface area contributed by atoms with Gasteiger partial charge in [-0.3, -0.25) is 9.36 Å². The Morgan fingerprint density at radius 2 is 1.87 bits per heavy atom. The van der Waals surface area contributed by atoms with Gasteiger partial charge >= 0.3 is 11.8 Å². The monoisotopic (exact) mass is 414 g/mol. The normalized spacial score (nSPS) is 24.7. The fourth-order valence-electron chi connectivity index (χ4n) is 4.95. The lowest BCUT2D eigenvalue weighted by atomic mass is 9.70. The van der Waals surface area contributed by atoms with Crippen LogP contribution in [0.2, 0.25) is 0 Å². The van der Waals surface area contributed by atoms with E-state index >= 15 is 0 Å². The second kappa shape index (κ2) is 7.18. The number of imidazole rings is 1. The molecule has 8 heteroatoms. The molecule has 2 amide bonds. The Bertz CT molecular complexity index is 1040. The van der Waals surface area contributed by atoms with Gasteiger partial charge in [0.15, 0.2) is 0 Å². The number of H-pyrrole nitrogens is 1. The molecule has 30 heavy (non-hydrogen) atoms. The maximum Gasteiger partial charge on any atom is 0.407 e. The number of nitrogens with one attached hydrogen (secondary N) is 1. The topological polar surface area (TPSA) is 98.6 Å². The highest BCUT2D eigenvalue weighted by molar-refractivity contribution is 5.83. The van der Waals surface area contributed by atoms with Gasteiger partial charge in [0.2, 0.25) is 5.91 Å². The molecule has 4 rings (SSSR count). The van der Waals surface area contributed by atoms with Crippen LogP contribution in [0.1, 0.15) is 45.1 Å². The van der Waals surface area contributed by atoms with E-state index in [2.05, 4.69) is 4.98 Å². The Morgan fingerprint density at radius 3 is 2.50 bits per heavy atom. The van der Waals surface area contributed by atoms with Crippen molar-refractivity contribution in [3.63, 3.8) is 0 Å². The van der Waals surface area contributed by atoms with Crippen LogP contribution in [-0.2, 0) is 11.8 Å². The predicted molar refractivity (Wildman–Crippen MR) is 114 cm³/mol. The van der Waals surface area contributed by atoms with Crippen molar-refractivity contribution in [1.29, 1.82) is 0 Å². The Kier molecular flexibility index (Phi) is 4.91. The number of benzene rings is 1. The highest BCUT2D eigenvalue weighted by Crippen LogP contribution is 2.44. The number of rotatable bonds is 2. The summed E-state index contributed by atoms with van der Waals surface area (Å²) in [6, 6.07) is 5.67. The van der Waals surface area contributed by atoms with Gasteiger partial charge in [-0.25, -0.2) is 9.59 Å². The van der Waals surface area contributed by atoms with Crippen molar-refractivity contribution in [2.24, 2.45) is 18.4 Å². The third-order valence-corrected chi connectivity index (χ3v) is 6.81. The van der Waals surface area contributed by atoms with E-state index in [9.17, 15) is 19.5 Å². The van der Waals surface area contributed by atoms with Crippen molar-refractivity contribution in [3.05, 3.63) is 34.2 Å². The fraction of sp³-hybridized carbons (Fsp3) is 0.591. The summed E-state index contributed by atoms with van der Waals surface area (Å²) in [5, 5.41) is 9.53. The number of hydrogen-bond acceptors (Lipinski definition) is 3.